The highest BCUT2D eigenvalue weighted by atomic mass is 35.5. The number of ether oxygens (including phenoxy) is 2. The molecule has 0 fully saturated rings. The molecule has 12 heteroatoms. The Morgan fingerprint density at radius 2 is 0.800 bits per heavy atom. The van der Waals surface area contributed by atoms with E-state index in [0.29, 0.717) is 6.42 Å². The van der Waals surface area contributed by atoms with Crippen LogP contribution in [0.15, 0.2) is 0 Å². The van der Waals surface area contributed by atoms with Gasteiger partial charge in [0, 0.05) is 6.42 Å². The quantitative estimate of drug-likeness (QED) is 0.300. The zero-order valence-electron chi connectivity index (χ0n) is 11.9. The minimum absolute atomic E-state index is 0.0121. The zero-order chi connectivity index (χ0) is 18.7. The van der Waals surface area contributed by atoms with Crippen LogP contribution in [-0.2, 0) is 0 Å². The smallest absolute Gasteiger partial charge is 0.162 e. The second kappa shape index (κ2) is 9.43. The standard InChI is InChI=1S/C13H6Cl8N2O2/c14-4-8(5(15)11(19)22-10(4)18)24-2-1-3-25-9-6(16)12(20)23-13(21)7(9)17/h1-3H2. The maximum atomic E-state index is 5.99. The van der Waals surface area contributed by atoms with E-state index in [1.807, 2.05) is 0 Å². The summed E-state index contributed by atoms with van der Waals surface area (Å²) >= 11 is 47.3. The lowest BCUT2D eigenvalue weighted by atomic mass is 10.4. The van der Waals surface area contributed by atoms with Gasteiger partial charge in [0.1, 0.15) is 20.1 Å². The summed E-state index contributed by atoms with van der Waals surface area (Å²) < 4.78 is 11.0. The van der Waals surface area contributed by atoms with Crippen molar-refractivity contribution >= 4 is 92.8 Å². The van der Waals surface area contributed by atoms with Gasteiger partial charge in [-0.2, -0.15) is 0 Å². The molecule has 0 atom stereocenters. The molecule has 136 valence electrons. The molecule has 4 nitrogen and oxygen atoms in total. The van der Waals surface area contributed by atoms with Gasteiger partial charge in [-0.15, -0.1) is 0 Å². The van der Waals surface area contributed by atoms with Crippen LogP contribution in [0.3, 0.4) is 0 Å². The number of hydrogen-bond acceptors (Lipinski definition) is 4. The summed E-state index contributed by atoms with van der Waals surface area (Å²) in [5, 5.41) is 0.214. The average Bonchev–Trinajstić information content (AvgIpc) is 2.56. The Hall–Kier alpha value is 0.220. The summed E-state index contributed by atoms with van der Waals surface area (Å²) in [5.74, 6) is 0.277. The van der Waals surface area contributed by atoms with Crippen LogP contribution in [0.1, 0.15) is 6.42 Å². The molecule has 2 aromatic rings. The van der Waals surface area contributed by atoms with Gasteiger partial charge in [0.2, 0.25) is 0 Å². The third-order valence-electron chi connectivity index (χ3n) is 2.70. The van der Waals surface area contributed by atoms with E-state index in [0.717, 1.165) is 0 Å². The van der Waals surface area contributed by atoms with E-state index in [1.165, 1.54) is 0 Å². The molecule has 0 N–H and O–H groups in total. The Kier molecular flexibility index (Phi) is 8.11. The summed E-state index contributed by atoms with van der Waals surface area (Å²) in [4.78, 5) is 7.51. The Morgan fingerprint density at radius 3 is 1.08 bits per heavy atom. The zero-order valence-corrected chi connectivity index (χ0v) is 17.9. The van der Waals surface area contributed by atoms with Gasteiger partial charge in [-0.25, -0.2) is 9.97 Å². The molecular weight excluding hydrogens is 500 g/mol. The van der Waals surface area contributed by atoms with Crippen LogP contribution in [0.4, 0.5) is 0 Å². The summed E-state index contributed by atoms with van der Waals surface area (Å²) in [5.41, 5.74) is 0. The first-order valence-electron chi connectivity index (χ1n) is 6.39. The van der Waals surface area contributed by atoms with Crippen molar-refractivity contribution in [2.75, 3.05) is 13.2 Å². The molecule has 0 aliphatic rings. The molecule has 0 aliphatic heterocycles. The third-order valence-corrected chi connectivity index (χ3v) is 5.58. The molecule has 0 aliphatic carbocycles. The lowest BCUT2D eigenvalue weighted by Gasteiger charge is -2.13. The van der Waals surface area contributed by atoms with Crippen molar-refractivity contribution in [3.8, 4) is 11.5 Å². The number of hydrogen-bond donors (Lipinski definition) is 0. The van der Waals surface area contributed by atoms with Crippen LogP contribution >= 0.6 is 92.8 Å². The maximum Gasteiger partial charge on any atom is 0.162 e. The molecule has 25 heavy (non-hydrogen) atoms. The van der Waals surface area contributed by atoms with Crippen LogP contribution in [0.25, 0.3) is 0 Å². The van der Waals surface area contributed by atoms with Crippen LogP contribution in [-0.4, -0.2) is 23.2 Å². The van der Waals surface area contributed by atoms with Crippen LogP contribution in [0, 0.1) is 0 Å². The first kappa shape index (κ1) is 21.5. The third kappa shape index (κ3) is 5.14. The van der Waals surface area contributed by atoms with E-state index in [1.54, 1.807) is 0 Å². The number of aromatic nitrogens is 2. The van der Waals surface area contributed by atoms with Gasteiger partial charge in [0.25, 0.3) is 0 Å². The van der Waals surface area contributed by atoms with Crippen molar-refractivity contribution in [1.82, 2.24) is 9.97 Å². The minimum atomic E-state index is -0.0121. The van der Waals surface area contributed by atoms with Gasteiger partial charge >= 0.3 is 0 Å². The molecule has 0 radical (unpaired) electrons. The SMILES string of the molecule is Clc1nc(Cl)c(Cl)c(OCCCOc2c(Cl)c(Cl)nc(Cl)c2Cl)c1Cl. The van der Waals surface area contributed by atoms with Crippen molar-refractivity contribution in [3.63, 3.8) is 0 Å². The van der Waals surface area contributed by atoms with Gasteiger partial charge < -0.3 is 9.47 Å². The van der Waals surface area contributed by atoms with Crippen molar-refractivity contribution in [1.29, 1.82) is 0 Å². The van der Waals surface area contributed by atoms with Gasteiger partial charge in [0.05, 0.1) is 13.2 Å². The molecular formula is C13H6Cl8N2O2. The number of nitrogens with zero attached hydrogens (tertiary/aromatic N) is 2. The first-order chi connectivity index (χ1) is 11.7. The summed E-state index contributed by atoms with van der Waals surface area (Å²) in [6.45, 7) is 0.385. The fourth-order valence-corrected chi connectivity index (χ4v) is 3.23. The molecule has 0 aromatic carbocycles. The number of halogens is 8. The molecule has 0 spiro atoms. The van der Waals surface area contributed by atoms with Crippen LogP contribution in [0.5, 0.6) is 11.5 Å². The molecule has 0 bridgehead atoms. The summed E-state index contributed by atoms with van der Waals surface area (Å²) in [6.07, 6.45) is 0.425. The Morgan fingerprint density at radius 1 is 0.520 bits per heavy atom. The van der Waals surface area contributed by atoms with Gasteiger partial charge in [0.15, 0.2) is 32.1 Å². The highest BCUT2D eigenvalue weighted by Gasteiger charge is 2.18. The topological polar surface area (TPSA) is 44.2 Å². The first-order valence-corrected chi connectivity index (χ1v) is 9.42. The highest BCUT2D eigenvalue weighted by Crippen LogP contribution is 2.42. The monoisotopic (exact) mass is 502 g/mol. The van der Waals surface area contributed by atoms with E-state index in [2.05, 4.69) is 9.97 Å². The minimum Gasteiger partial charge on any atom is -0.490 e. The summed E-state index contributed by atoms with van der Waals surface area (Å²) in [6, 6.07) is 0. The van der Waals surface area contributed by atoms with Crippen LogP contribution in [0.2, 0.25) is 40.7 Å². The average molecular weight is 506 g/mol. The Labute approximate surface area is 183 Å². The van der Waals surface area contributed by atoms with E-state index in [4.69, 9.17) is 102 Å². The molecule has 0 saturated carbocycles. The lowest BCUT2D eigenvalue weighted by Crippen LogP contribution is -2.07. The van der Waals surface area contributed by atoms with Gasteiger partial charge in [-0.1, -0.05) is 92.8 Å². The molecule has 2 rings (SSSR count). The van der Waals surface area contributed by atoms with Crippen molar-refractivity contribution < 1.29 is 9.47 Å². The molecule has 0 amide bonds. The fourth-order valence-electron chi connectivity index (χ4n) is 1.60. The highest BCUT2D eigenvalue weighted by molar-refractivity contribution is 6.48. The van der Waals surface area contributed by atoms with Crippen molar-refractivity contribution in [3.05, 3.63) is 40.7 Å². The van der Waals surface area contributed by atoms with E-state index < -0.39 is 0 Å². The number of rotatable bonds is 6. The second-order valence-corrected chi connectivity index (χ2v) is 7.30. The second-order valence-electron chi connectivity index (χ2n) is 4.35. The molecule has 0 saturated heterocycles. The van der Waals surface area contributed by atoms with Gasteiger partial charge in [-0.3, -0.25) is 0 Å². The summed E-state index contributed by atoms with van der Waals surface area (Å²) in [7, 11) is 0. The van der Waals surface area contributed by atoms with E-state index in [-0.39, 0.29) is 65.4 Å². The fraction of sp³-hybridized carbons (Fsp3) is 0.231. The predicted molar refractivity (Wildman–Crippen MR) is 104 cm³/mol. The van der Waals surface area contributed by atoms with E-state index >= 15 is 0 Å². The molecule has 2 aromatic heterocycles. The van der Waals surface area contributed by atoms with Crippen molar-refractivity contribution in [2.45, 2.75) is 6.42 Å². The van der Waals surface area contributed by atoms with E-state index in [9.17, 15) is 0 Å². The predicted octanol–water partition coefficient (Wildman–Crippen LogP) is 7.55. The Balaban J connectivity index is 1.96. The lowest BCUT2D eigenvalue weighted by molar-refractivity contribution is 0.247. The molecule has 0 unspecified atom stereocenters. The largest absolute Gasteiger partial charge is 0.490 e. The van der Waals surface area contributed by atoms with Gasteiger partial charge in [-0.05, 0) is 0 Å². The van der Waals surface area contributed by atoms with Crippen molar-refractivity contribution in [2.24, 2.45) is 0 Å². The molecule has 2 heterocycles. The normalized spacial score (nSPS) is 10.9. The number of pyridine rings is 2. The maximum absolute atomic E-state index is 5.99. The Bertz CT molecular complexity index is 685. The van der Waals surface area contributed by atoms with Crippen LogP contribution < -0.4 is 9.47 Å².